The maximum atomic E-state index is 9.15. The van der Waals surface area contributed by atoms with Gasteiger partial charge in [0.25, 0.3) is 5.88 Å². The standard InChI is InChI=1S/C21H28N4O3/c1-5-6-7-8-11-27-18-10-9-16(12-19(18)26-4)14-23-25-21-17(13-22)24-20(28-21)15(2)3/h9-10,12,14-15,25H,5-8,11H2,1-4H3. The lowest BCUT2D eigenvalue weighted by Crippen LogP contribution is -2.00. The molecule has 1 N–H and O–H groups in total. The topological polar surface area (TPSA) is 92.7 Å². The smallest absolute Gasteiger partial charge is 0.252 e. The monoisotopic (exact) mass is 384 g/mol. The maximum Gasteiger partial charge on any atom is 0.252 e. The van der Waals surface area contributed by atoms with Crippen LogP contribution in [0, 0.1) is 11.3 Å². The number of unbranched alkanes of at least 4 members (excludes halogenated alkanes) is 3. The lowest BCUT2D eigenvalue weighted by Gasteiger charge is -2.11. The SMILES string of the molecule is CCCCCCOc1ccc(C=NNc2oc(C(C)C)nc2C#N)cc1OC. The Labute approximate surface area is 166 Å². The molecule has 0 amide bonds. The van der Waals surface area contributed by atoms with Gasteiger partial charge in [-0.05, 0) is 30.2 Å². The van der Waals surface area contributed by atoms with Gasteiger partial charge in [-0.25, -0.2) is 10.4 Å². The van der Waals surface area contributed by atoms with Gasteiger partial charge >= 0.3 is 0 Å². The van der Waals surface area contributed by atoms with Crippen molar-refractivity contribution in [3.8, 4) is 17.6 Å². The Hall–Kier alpha value is -3.01. The maximum absolute atomic E-state index is 9.15. The molecule has 0 aliphatic carbocycles. The van der Waals surface area contributed by atoms with Gasteiger partial charge in [-0.15, -0.1) is 0 Å². The zero-order valence-corrected chi connectivity index (χ0v) is 17.0. The first-order valence-corrected chi connectivity index (χ1v) is 9.59. The number of ether oxygens (including phenoxy) is 2. The van der Waals surface area contributed by atoms with Crippen LogP contribution in [-0.4, -0.2) is 24.9 Å². The molecule has 1 heterocycles. The molecule has 0 atom stereocenters. The molecule has 0 fully saturated rings. The number of nitrogens with one attached hydrogen (secondary N) is 1. The molecule has 1 aromatic heterocycles. The van der Waals surface area contributed by atoms with Crippen molar-refractivity contribution in [2.75, 3.05) is 19.1 Å². The fourth-order valence-corrected chi connectivity index (χ4v) is 2.50. The summed E-state index contributed by atoms with van der Waals surface area (Å²) in [6.45, 7) is 6.75. The first kappa shape index (κ1) is 21.3. The number of nitrogens with zero attached hydrogens (tertiary/aromatic N) is 3. The molecule has 0 radical (unpaired) electrons. The molecule has 28 heavy (non-hydrogen) atoms. The van der Waals surface area contributed by atoms with Gasteiger partial charge in [0.1, 0.15) is 6.07 Å². The van der Waals surface area contributed by atoms with Gasteiger partial charge < -0.3 is 13.9 Å². The molecule has 0 saturated carbocycles. The molecule has 7 heteroatoms. The first-order valence-electron chi connectivity index (χ1n) is 9.59. The second-order valence-corrected chi connectivity index (χ2v) is 6.69. The highest BCUT2D eigenvalue weighted by Crippen LogP contribution is 2.28. The molecule has 0 bridgehead atoms. The fraction of sp³-hybridized carbons (Fsp3) is 0.476. The van der Waals surface area contributed by atoms with Crippen LogP contribution in [0.5, 0.6) is 11.5 Å². The highest BCUT2D eigenvalue weighted by molar-refractivity contribution is 5.81. The second-order valence-electron chi connectivity index (χ2n) is 6.69. The lowest BCUT2D eigenvalue weighted by atomic mass is 10.2. The molecule has 1 aromatic carbocycles. The number of oxazole rings is 1. The van der Waals surface area contributed by atoms with Crippen molar-refractivity contribution in [2.45, 2.75) is 52.4 Å². The van der Waals surface area contributed by atoms with E-state index in [9.17, 15) is 0 Å². The Morgan fingerprint density at radius 2 is 2.11 bits per heavy atom. The van der Waals surface area contributed by atoms with E-state index in [1.807, 2.05) is 38.1 Å². The predicted octanol–water partition coefficient (Wildman–Crippen LogP) is 5.08. The summed E-state index contributed by atoms with van der Waals surface area (Å²) in [6, 6.07) is 7.60. The van der Waals surface area contributed by atoms with Crippen LogP contribution in [-0.2, 0) is 0 Å². The number of hydrazone groups is 1. The van der Waals surface area contributed by atoms with Crippen molar-refractivity contribution < 1.29 is 13.9 Å². The van der Waals surface area contributed by atoms with Crippen molar-refractivity contribution in [2.24, 2.45) is 5.10 Å². The van der Waals surface area contributed by atoms with E-state index in [4.69, 9.17) is 19.2 Å². The predicted molar refractivity (Wildman–Crippen MR) is 109 cm³/mol. The molecular formula is C21H28N4O3. The molecule has 0 spiro atoms. The van der Waals surface area contributed by atoms with Crippen LogP contribution in [0.2, 0.25) is 0 Å². The average molecular weight is 384 g/mol. The average Bonchev–Trinajstić information content (AvgIpc) is 3.12. The first-order chi connectivity index (χ1) is 13.6. The van der Waals surface area contributed by atoms with Gasteiger partial charge in [0.05, 0.1) is 19.9 Å². The molecule has 0 saturated heterocycles. The summed E-state index contributed by atoms with van der Waals surface area (Å²) in [5.41, 5.74) is 3.75. The van der Waals surface area contributed by atoms with Crippen LogP contribution in [0.25, 0.3) is 0 Å². The van der Waals surface area contributed by atoms with Gasteiger partial charge in [0.15, 0.2) is 11.5 Å². The van der Waals surface area contributed by atoms with E-state index in [0.717, 1.165) is 12.0 Å². The number of anilines is 1. The van der Waals surface area contributed by atoms with E-state index >= 15 is 0 Å². The third-order valence-corrected chi connectivity index (χ3v) is 4.07. The molecule has 7 nitrogen and oxygen atoms in total. The van der Waals surface area contributed by atoms with E-state index in [-0.39, 0.29) is 17.5 Å². The lowest BCUT2D eigenvalue weighted by molar-refractivity contribution is 0.285. The third kappa shape index (κ3) is 6.02. The number of methoxy groups -OCH3 is 1. The third-order valence-electron chi connectivity index (χ3n) is 4.07. The van der Waals surface area contributed by atoms with Crippen LogP contribution in [0.4, 0.5) is 5.88 Å². The number of hydrogen-bond acceptors (Lipinski definition) is 7. The number of hydrogen-bond donors (Lipinski definition) is 1. The Morgan fingerprint density at radius 1 is 1.29 bits per heavy atom. The summed E-state index contributed by atoms with van der Waals surface area (Å²) < 4.78 is 16.8. The summed E-state index contributed by atoms with van der Waals surface area (Å²) >= 11 is 0. The molecule has 2 rings (SSSR count). The number of nitriles is 1. The molecule has 2 aromatic rings. The molecular weight excluding hydrogens is 356 g/mol. The fourth-order valence-electron chi connectivity index (χ4n) is 2.50. The zero-order chi connectivity index (χ0) is 20.4. The van der Waals surface area contributed by atoms with Gasteiger partial charge in [0, 0.05) is 5.92 Å². The van der Waals surface area contributed by atoms with Crippen molar-refractivity contribution in [1.82, 2.24) is 4.98 Å². The molecule has 0 aliphatic rings. The Balaban J connectivity index is 1.99. The molecule has 0 aliphatic heterocycles. The van der Waals surface area contributed by atoms with Crippen LogP contribution in [0.3, 0.4) is 0 Å². The molecule has 150 valence electrons. The van der Waals surface area contributed by atoms with E-state index in [0.29, 0.717) is 24.0 Å². The highest BCUT2D eigenvalue weighted by Gasteiger charge is 2.14. The number of rotatable bonds is 11. The van der Waals surface area contributed by atoms with Crippen molar-refractivity contribution in [3.05, 3.63) is 35.3 Å². The van der Waals surface area contributed by atoms with Gasteiger partial charge in [-0.1, -0.05) is 40.0 Å². The Kier molecular flexibility index (Phi) is 8.35. The quantitative estimate of drug-likeness (QED) is 0.330. The largest absolute Gasteiger partial charge is 0.493 e. The van der Waals surface area contributed by atoms with Crippen molar-refractivity contribution >= 4 is 12.1 Å². The van der Waals surface area contributed by atoms with E-state index in [2.05, 4.69) is 22.4 Å². The Bertz CT molecular complexity index is 822. The van der Waals surface area contributed by atoms with E-state index in [1.54, 1.807) is 13.3 Å². The van der Waals surface area contributed by atoms with Crippen molar-refractivity contribution in [3.63, 3.8) is 0 Å². The minimum atomic E-state index is 0.0883. The summed E-state index contributed by atoms with van der Waals surface area (Å²) in [4.78, 5) is 4.14. The minimum absolute atomic E-state index is 0.0883. The normalized spacial score (nSPS) is 11.0. The summed E-state index contributed by atoms with van der Waals surface area (Å²) in [5.74, 6) is 2.19. The van der Waals surface area contributed by atoms with Crippen LogP contribution in [0.1, 0.15) is 69.5 Å². The second kappa shape index (κ2) is 11.0. The van der Waals surface area contributed by atoms with Crippen molar-refractivity contribution in [1.29, 1.82) is 5.26 Å². The summed E-state index contributed by atoms with van der Waals surface area (Å²) in [7, 11) is 1.61. The summed E-state index contributed by atoms with van der Waals surface area (Å²) in [5, 5.41) is 13.3. The van der Waals surface area contributed by atoms with Gasteiger partial charge in [0.2, 0.25) is 11.6 Å². The zero-order valence-electron chi connectivity index (χ0n) is 17.0. The van der Waals surface area contributed by atoms with Crippen LogP contribution >= 0.6 is 0 Å². The highest BCUT2D eigenvalue weighted by atomic mass is 16.5. The van der Waals surface area contributed by atoms with Gasteiger partial charge in [-0.3, -0.25) is 0 Å². The van der Waals surface area contributed by atoms with Gasteiger partial charge in [-0.2, -0.15) is 10.4 Å². The van der Waals surface area contributed by atoms with Crippen LogP contribution < -0.4 is 14.9 Å². The van der Waals surface area contributed by atoms with E-state index < -0.39 is 0 Å². The number of aromatic nitrogens is 1. The Morgan fingerprint density at radius 3 is 2.79 bits per heavy atom. The minimum Gasteiger partial charge on any atom is -0.493 e. The van der Waals surface area contributed by atoms with Crippen LogP contribution in [0.15, 0.2) is 27.7 Å². The summed E-state index contributed by atoms with van der Waals surface area (Å²) in [6.07, 6.45) is 6.24. The number of benzene rings is 1. The molecule has 0 unspecified atom stereocenters. The van der Waals surface area contributed by atoms with E-state index in [1.165, 1.54) is 19.3 Å².